The smallest absolute Gasteiger partial charge is 0.167 e. The van der Waals surface area contributed by atoms with Crippen LogP contribution in [-0.2, 0) is 23.0 Å². The monoisotopic (exact) mass is 222 g/mol. The van der Waals surface area contributed by atoms with Crippen molar-refractivity contribution in [3.05, 3.63) is 17.5 Å². The molecule has 88 valence electrons. The predicted octanol–water partition coefficient (Wildman–Crippen LogP) is 1.41. The van der Waals surface area contributed by atoms with Crippen molar-refractivity contribution in [2.45, 2.75) is 38.7 Å². The van der Waals surface area contributed by atoms with Gasteiger partial charge in [-0.25, -0.2) is 0 Å². The Balaban J connectivity index is 1.98. The molecule has 4 heteroatoms. The van der Waals surface area contributed by atoms with Crippen LogP contribution in [0.4, 0.5) is 0 Å². The number of aryl methyl sites for hydroxylation is 2. The zero-order valence-corrected chi connectivity index (χ0v) is 9.90. The molecule has 1 aliphatic rings. The maximum atomic E-state index is 12.0. The number of Topliss-reactive ketones (excluding diaryl/α,β-unsaturated/α-hetero) is 1. The molecule has 4 nitrogen and oxygen atoms in total. The van der Waals surface area contributed by atoms with Gasteiger partial charge in [0.05, 0.1) is 12.1 Å². The molecule has 0 aromatic carbocycles. The molecule has 0 radical (unpaired) electrons. The van der Waals surface area contributed by atoms with Crippen LogP contribution in [0.25, 0.3) is 0 Å². The number of ketones is 1. The quantitative estimate of drug-likeness (QED) is 0.776. The van der Waals surface area contributed by atoms with Gasteiger partial charge >= 0.3 is 0 Å². The molecule has 0 spiro atoms. The van der Waals surface area contributed by atoms with Gasteiger partial charge in [0.2, 0.25) is 0 Å². The van der Waals surface area contributed by atoms with Gasteiger partial charge in [0.15, 0.2) is 5.78 Å². The Morgan fingerprint density at radius 2 is 2.44 bits per heavy atom. The molecule has 0 amide bonds. The normalized spacial score (nSPS) is 21.0. The van der Waals surface area contributed by atoms with E-state index in [0.29, 0.717) is 6.42 Å². The third kappa shape index (κ3) is 2.50. The second kappa shape index (κ2) is 4.78. The fourth-order valence-electron chi connectivity index (χ4n) is 2.12. The highest BCUT2D eigenvalue weighted by atomic mass is 16.5. The highest BCUT2D eigenvalue weighted by Gasteiger charge is 2.22. The first kappa shape index (κ1) is 11.3. The molecule has 1 atom stereocenters. The van der Waals surface area contributed by atoms with Crippen LogP contribution in [-0.4, -0.2) is 28.3 Å². The summed E-state index contributed by atoms with van der Waals surface area (Å²) in [6, 6.07) is 1.96. The van der Waals surface area contributed by atoms with E-state index in [-0.39, 0.29) is 11.9 Å². The molecule has 16 heavy (non-hydrogen) atoms. The fourth-order valence-corrected chi connectivity index (χ4v) is 2.12. The van der Waals surface area contributed by atoms with Crippen molar-refractivity contribution in [3.8, 4) is 0 Å². The SMILES string of the molecule is Cc1cc(CC(=O)C2CCCCO2)n(C)n1. The minimum Gasteiger partial charge on any atom is -0.370 e. The van der Waals surface area contributed by atoms with Crippen LogP contribution in [0.1, 0.15) is 30.7 Å². The van der Waals surface area contributed by atoms with E-state index in [4.69, 9.17) is 4.74 Å². The lowest BCUT2D eigenvalue weighted by atomic mass is 10.0. The van der Waals surface area contributed by atoms with Crippen molar-refractivity contribution in [2.75, 3.05) is 6.61 Å². The summed E-state index contributed by atoms with van der Waals surface area (Å²) in [5.74, 6) is 0.183. The molecule has 1 aromatic rings. The van der Waals surface area contributed by atoms with Gasteiger partial charge in [-0.2, -0.15) is 5.10 Å². The Morgan fingerprint density at radius 3 is 3.00 bits per heavy atom. The molecule has 2 heterocycles. The molecular formula is C12H18N2O2. The molecule has 1 fully saturated rings. The lowest BCUT2D eigenvalue weighted by Crippen LogP contribution is -2.29. The van der Waals surface area contributed by atoms with Crippen LogP contribution in [0.3, 0.4) is 0 Å². The Hall–Kier alpha value is -1.16. The van der Waals surface area contributed by atoms with Gasteiger partial charge in [0.1, 0.15) is 6.10 Å². The van der Waals surface area contributed by atoms with Crippen LogP contribution in [0.5, 0.6) is 0 Å². The van der Waals surface area contributed by atoms with Crippen LogP contribution in [0.2, 0.25) is 0 Å². The molecule has 0 aliphatic carbocycles. The number of nitrogens with zero attached hydrogens (tertiary/aromatic N) is 2. The number of rotatable bonds is 3. The molecular weight excluding hydrogens is 204 g/mol. The Bertz CT molecular complexity index is 378. The van der Waals surface area contributed by atoms with E-state index in [2.05, 4.69) is 5.10 Å². The summed E-state index contributed by atoms with van der Waals surface area (Å²) in [6.45, 7) is 2.66. The first-order chi connectivity index (χ1) is 7.66. The van der Waals surface area contributed by atoms with Crippen LogP contribution in [0, 0.1) is 6.92 Å². The maximum absolute atomic E-state index is 12.0. The summed E-state index contributed by atoms with van der Waals surface area (Å²) < 4.78 is 7.25. The third-order valence-electron chi connectivity index (χ3n) is 2.99. The number of carbonyl (C=O) groups is 1. The Labute approximate surface area is 95.6 Å². The Kier molecular flexibility index (Phi) is 3.39. The molecule has 0 saturated carbocycles. The topological polar surface area (TPSA) is 44.1 Å². The average molecular weight is 222 g/mol. The van der Waals surface area contributed by atoms with E-state index in [1.807, 2.05) is 20.0 Å². The number of aromatic nitrogens is 2. The van der Waals surface area contributed by atoms with Gasteiger partial charge in [-0.05, 0) is 32.3 Å². The highest BCUT2D eigenvalue weighted by Crippen LogP contribution is 2.15. The number of hydrogen-bond acceptors (Lipinski definition) is 3. The summed E-state index contributed by atoms with van der Waals surface area (Å²) in [5, 5.41) is 4.23. The van der Waals surface area contributed by atoms with Gasteiger partial charge in [-0.15, -0.1) is 0 Å². The fraction of sp³-hybridized carbons (Fsp3) is 0.667. The summed E-state index contributed by atoms with van der Waals surface area (Å²) in [5.41, 5.74) is 1.92. The van der Waals surface area contributed by atoms with Crippen molar-refractivity contribution >= 4 is 5.78 Å². The van der Waals surface area contributed by atoms with E-state index in [9.17, 15) is 4.79 Å². The molecule has 0 N–H and O–H groups in total. The number of ether oxygens (including phenoxy) is 1. The highest BCUT2D eigenvalue weighted by molar-refractivity contribution is 5.85. The summed E-state index contributed by atoms with van der Waals surface area (Å²) in [4.78, 5) is 12.0. The number of hydrogen-bond donors (Lipinski definition) is 0. The van der Waals surface area contributed by atoms with E-state index < -0.39 is 0 Å². The van der Waals surface area contributed by atoms with Crippen molar-refractivity contribution in [1.29, 1.82) is 0 Å². The lowest BCUT2D eigenvalue weighted by molar-refractivity contribution is -0.132. The molecule has 2 rings (SSSR count). The lowest BCUT2D eigenvalue weighted by Gasteiger charge is -2.21. The van der Waals surface area contributed by atoms with Crippen molar-refractivity contribution in [3.63, 3.8) is 0 Å². The summed E-state index contributed by atoms with van der Waals surface area (Å²) in [7, 11) is 1.87. The van der Waals surface area contributed by atoms with Gasteiger partial charge in [-0.3, -0.25) is 9.48 Å². The van der Waals surface area contributed by atoms with E-state index in [0.717, 1.165) is 37.3 Å². The molecule has 0 bridgehead atoms. The molecule has 1 aromatic heterocycles. The van der Waals surface area contributed by atoms with Crippen LogP contribution < -0.4 is 0 Å². The van der Waals surface area contributed by atoms with Crippen molar-refractivity contribution in [1.82, 2.24) is 9.78 Å². The largest absolute Gasteiger partial charge is 0.370 e. The first-order valence-electron chi connectivity index (χ1n) is 5.80. The van der Waals surface area contributed by atoms with Crippen LogP contribution >= 0.6 is 0 Å². The maximum Gasteiger partial charge on any atom is 0.167 e. The minimum absolute atomic E-state index is 0.183. The molecule has 1 unspecified atom stereocenters. The van der Waals surface area contributed by atoms with E-state index in [1.54, 1.807) is 4.68 Å². The summed E-state index contributed by atoms with van der Waals surface area (Å²) >= 11 is 0. The zero-order chi connectivity index (χ0) is 11.5. The standard InChI is InChI=1S/C12H18N2O2/c1-9-7-10(14(2)13-9)8-11(15)12-5-3-4-6-16-12/h7,12H,3-6,8H2,1-2H3. The van der Waals surface area contributed by atoms with Gasteiger partial charge in [0.25, 0.3) is 0 Å². The van der Waals surface area contributed by atoms with Crippen LogP contribution in [0.15, 0.2) is 6.07 Å². The second-order valence-corrected chi connectivity index (χ2v) is 4.40. The van der Waals surface area contributed by atoms with Gasteiger partial charge in [0, 0.05) is 19.3 Å². The first-order valence-corrected chi connectivity index (χ1v) is 5.80. The van der Waals surface area contributed by atoms with E-state index >= 15 is 0 Å². The number of carbonyl (C=O) groups excluding carboxylic acids is 1. The zero-order valence-electron chi connectivity index (χ0n) is 9.90. The predicted molar refractivity (Wildman–Crippen MR) is 60.2 cm³/mol. The third-order valence-corrected chi connectivity index (χ3v) is 2.99. The van der Waals surface area contributed by atoms with E-state index in [1.165, 1.54) is 0 Å². The van der Waals surface area contributed by atoms with Gasteiger partial charge in [-0.1, -0.05) is 0 Å². The Morgan fingerprint density at radius 1 is 1.62 bits per heavy atom. The minimum atomic E-state index is -0.191. The second-order valence-electron chi connectivity index (χ2n) is 4.40. The van der Waals surface area contributed by atoms with Gasteiger partial charge < -0.3 is 4.74 Å². The average Bonchev–Trinajstić information content (AvgIpc) is 2.59. The van der Waals surface area contributed by atoms with Crippen molar-refractivity contribution < 1.29 is 9.53 Å². The molecule has 1 saturated heterocycles. The van der Waals surface area contributed by atoms with Crippen molar-refractivity contribution in [2.24, 2.45) is 7.05 Å². The molecule has 1 aliphatic heterocycles. The summed E-state index contributed by atoms with van der Waals surface area (Å²) in [6.07, 6.45) is 3.29.